The van der Waals surface area contributed by atoms with Crippen LogP contribution in [0.25, 0.3) is 17.0 Å². The van der Waals surface area contributed by atoms with Gasteiger partial charge in [-0.25, -0.2) is 0 Å². The Balaban J connectivity index is -0.000000414. The van der Waals surface area contributed by atoms with Crippen LogP contribution in [-0.4, -0.2) is 11.2 Å². The van der Waals surface area contributed by atoms with Crippen molar-refractivity contribution < 1.29 is 1.43 Å². The van der Waals surface area contributed by atoms with Crippen LogP contribution in [0.2, 0.25) is 0 Å². The number of hydrogen-bond donors (Lipinski definition) is 1. The monoisotopic (exact) mass is 276 g/mol. The molecular weight excluding hydrogens is 244 g/mol. The highest BCUT2D eigenvalue weighted by molar-refractivity contribution is 5.96. The fourth-order valence-corrected chi connectivity index (χ4v) is 1.56. The second-order valence-corrected chi connectivity index (χ2v) is 3.02. The number of aromatic amines is 1. The van der Waals surface area contributed by atoms with Gasteiger partial charge in [-0.15, -0.1) is 0 Å². The average Bonchev–Trinajstić information content (AvgIpc) is 2.92. The van der Waals surface area contributed by atoms with Crippen LogP contribution >= 0.6 is 0 Å². The van der Waals surface area contributed by atoms with Crippen LogP contribution in [0.3, 0.4) is 0 Å². The number of nitrogens with one attached hydrogen (secondary N) is 1. The van der Waals surface area contributed by atoms with E-state index in [-0.39, 0.29) is 1.43 Å². The van der Waals surface area contributed by atoms with Crippen molar-refractivity contribution in [2.45, 2.75) is 48.5 Å². The van der Waals surface area contributed by atoms with Crippen molar-refractivity contribution in [1.29, 1.82) is 0 Å². The molecule has 1 aromatic carbocycles. The number of nitrogens with zero attached hydrogens (tertiary/aromatic N) is 1. The summed E-state index contributed by atoms with van der Waals surface area (Å²) in [6.07, 6.45) is 3.59. The summed E-state index contributed by atoms with van der Waals surface area (Å²) in [5.41, 5.74) is 3.05. The Morgan fingerprint density at radius 1 is 1.05 bits per heavy atom. The van der Waals surface area contributed by atoms with Gasteiger partial charge in [0.15, 0.2) is 0 Å². The van der Waals surface area contributed by atoms with Gasteiger partial charge in [-0.3, -0.25) is 4.99 Å². The average molecular weight is 276 g/mol. The first-order valence-electron chi connectivity index (χ1n) is 7.58. The second kappa shape index (κ2) is 13.6. The van der Waals surface area contributed by atoms with E-state index in [0.29, 0.717) is 0 Å². The maximum atomic E-state index is 4.34. The van der Waals surface area contributed by atoms with E-state index in [1.54, 1.807) is 12.3 Å². The standard InChI is InChI=1S/C12H12N2.3C2H6.H2/c1-3-10-12(13-4-2)9-7-5-6-8-11(9)14-10;3*1-2;/h3-8,14H,1H2,2H3;3*1-2H3;1H. The normalized spacial score (nSPS) is 8.75. The van der Waals surface area contributed by atoms with E-state index in [1.807, 2.05) is 66.7 Å². The largest absolute Gasteiger partial charge is 0.353 e. The Morgan fingerprint density at radius 2 is 1.60 bits per heavy atom. The van der Waals surface area contributed by atoms with E-state index in [0.717, 1.165) is 22.3 Å². The highest BCUT2D eigenvalue weighted by Crippen LogP contribution is 2.30. The van der Waals surface area contributed by atoms with Gasteiger partial charge in [0.05, 0.1) is 11.4 Å². The molecule has 2 rings (SSSR count). The Hall–Kier alpha value is -1.83. The van der Waals surface area contributed by atoms with Gasteiger partial charge in [0.25, 0.3) is 0 Å². The smallest absolute Gasteiger partial charge is 0.0953 e. The van der Waals surface area contributed by atoms with Crippen LogP contribution in [0.15, 0.2) is 35.8 Å². The molecule has 1 aromatic heterocycles. The van der Waals surface area contributed by atoms with E-state index in [4.69, 9.17) is 0 Å². The molecule has 0 atom stereocenters. The van der Waals surface area contributed by atoms with E-state index < -0.39 is 0 Å². The molecule has 0 fully saturated rings. The van der Waals surface area contributed by atoms with E-state index in [9.17, 15) is 0 Å². The number of H-pyrrole nitrogens is 1. The summed E-state index contributed by atoms with van der Waals surface area (Å²) in [4.78, 5) is 7.60. The molecule has 20 heavy (non-hydrogen) atoms. The minimum atomic E-state index is 0. The molecule has 114 valence electrons. The minimum Gasteiger partial charge on any atom is -0.353 e. The summed E-state index contributed by atoms with van der Waals surface area (Å²) >= 11 is 0. The molecule has 0 saturated heterocycles. The molecule has 0 saturated carbocycles. The molecule has 2 nitrogen and oxygen atoms in total. The SMILES string of the molecule is C=Cc1[nH]c2ccccc2c1N=CC.CC.CC.CC.[HH]. The van der Waals surface area contributed by atoms with Crippen LogP contribution in [0.4, 0.5) is 5.69 Å². The second-order valence-electron chi connectivity index (χ2n) is 3.02. The van der Waals surface area contributed by atoms with Crippen LogP contribution < -0.4 is 0 Å². The molecule has 1 N–H and O–H groups in total. The molecule has 2 aromatic rings. The van der Waals surface area contributed by atoms with Crippen molar-refractivity contribution in [3.05, 3.63) is 36.5 Å². The summed E-state index contributed by atoms with van der Waals surface area (Å²) in [5.74, 6) is 0. The molecule has 0 aliphatic heterocycles. The third-order valence-electron chi connectivity index (χ3n) is 2.17. The number of benzene rings is 1. The van der Waals surface area contributed by atoms with E-state index >= 15 is 0 Å². The van der Waals surface area contributed by atoms with Crippen LogP contribution in [0.5, 0.6) is 0 Å². The molecule has 0 spiro atoms. The number of rotatable bonds is 2. The van der Waals surface area contributed by atoms with Crippen molar-refractivity contribution >= 4 is 28.9 Å². The minimum absolute atomic E-state index is 0. The van der Waals surface area contributed by atoms with Crippen molar-refractivity contribution in [3.63, 3.8) is 0 Å². The van der Waals surface area contributed by atoms with Gasteiger partial charge in [0, 0.05) is 18.5 Å². The zero-order valence-electron chi connectivity index (χ0n) is 14.1. The number of hydrogen-bond acceptors (Lipinski definition) is 1. The molecule has 0 aliphatic rings. The van der Waals surface area contributed by atoms with Gasteiger partial charge in [-0.05, 0) is 19.1 Å². The molecule has 0 amide bonds. The molecule has 0 unspecified atom stereocenters. The van der Waals surface area contributed by atoms with Crippen molar-refractivity contribution in [2.24, 2.45) is 4.99 Å². The van der Waals surface area contributed by atoms with Crippen LogP contribution in [-0.2, 0) is 0 Å². The Morgan fingerprint density at radius 3 is 2.10 bits per heavy atom. The third-order valence-corrected chi connectivity index (χ3v) is 2.17. The van der Waals surface area contributed by atoms with Gasteiger partial charge >= 0.3 is 0 Å². The lowest BCUT2D eigenvalue weighted by Gasteiger charge is -1.91. The summed E-state index contributed by atoms with van der Waals surface area (Å²) in [5, 5.41) is 1.14. The lowest BCUT2D eigenvalue weighted by atomic mass is 10.2. The summed E-state index contributed by atoms with van der Waals surface area (Å²) < 4.78 is 0. The number of fused-ring (bicyclic) bond motifs is 1. The summed E-state index contributed by atoms with van der Waals surface area (Å²) in [6.45, 7) is 17.7. The van der Waals surface area contributed by atoms with Gasteiger partial charge < -0.3 is 4.98 Å². The van der Waals surface area contributed by atoms with Gasteiger partial charge in [-0.1, -0.05) is 66.3 Å². The van der Waals surface area contributed by atoms with E-state index in [2.05, 4.69) is 22.6 Å². The fraction of sp³-hybridized carbons (Fsp3) is 0.389. The zero-order valence-corrected chi connectivity index (χ0v) is 14.1. The van der Waals surface area contributed by atoms with E-state index in [1.165, 1.54) is 0 Å². The number of aromatic nitrogens is 1. The van der Waals surface area contributed by atoms with Crippen molar-refractivity contribution in [2.75, 3.05) is 0 Å². The molecule has 0 radical (unpaired) electrons. The predicted octanol–water partition coefficient (Wildman–Crippen LogP) is 6.86. The number of para-hydroxylation sites is 1. The lowest BCUT2D eigenvalue weighted by molar-refractivity contribution is 1.41. The third kappa shape index (κ3) is 5.43. The summed E-state index contributed by atoms with van der Waals surface area (Å²) in [6, 6.07) is 8.11. The van der Waals surface area contributed by atoms with Crippen molar-refractivity contribution in [1.82, 2.24) is 4.98 Å². The first kappa shape index (κ1) is 20.5. The predicted molar refractivity (Wildman–Crippen MR) is 98.4 cm³/mol. The highest BCUT2D eigenvalue weighted by atomic mass is 14.8. The first-order valence-corrected chi connectivity index (χ1v) is 7.58. The first-order chi connectivity index (χ1) is 9.86. The van der Waals surface area contributed by atoms with Crippen molar-refractivity contribution in [3.8, 4) is 0 Å². The Kier molecular flexibility index (Phi) is 13.9. The zero-order chi connectivity index (χ0) is 16.0. The molecule has 2 heteroatoms. The number of aliphatic imine (C=N–C) groups is 1. The lowest BCUT2D eigenvalue weighted by Crippen LogP contribution is -1.69. The maximum Gasteiger partial charge on any atom is 0.0953 e. The van der Waals surface area contributed by atoms with Crippen LogP contribution in [0, 0.1) is 0 Å². The van der Waals surface area contributed by atoms with Gasteiger partial charge in [0.2, 0.25) is 0 Å². The summed E-state index contributed by atoms with van der Waals surface area (Å²) in [7, 11) is 0. The van der Waals surface area contributed by atoms with Crippen LogP contribution in [0.1, 0.15) is 55.6 Å². The Labute approximate surface area is 126 Å². The quantitative estimate of drug-likeness (QED) is 0.580. The highest BCUT2D eigenvalue weighted by Gasteiger charge is 2.05. The topological polar surface area (TPSA) is 28.1 Å². The molecule has 0 aliphatic carbocycles. The molecule has 1 heterocycles. The molecule has 0 bridgehead atoms. The molecular formula is C18H32N2. The Bertz CT molecular complexity index is 499. The fourth-order valence-electron chi connectivity index (χ4n) is 1.56. The van der Waals surface area contributed by atoms with Gasteiger partial charge in [0.1, 0.15) is 0 Å². The van der Waals surface area contributed by atoms with Gasteiger partial charge in [-0.2, -0.15) is 0 Å². The maximum absolute atomic E-state index is 4.34.